The van der Waals surface area contributed by atoms with Crippen LogP contribution in [0, 0.1) is 11.8 Å². The number of aliphatic hydroxyl groups is 1. The predicted molar refractivity (Wildman–Crippen MR) is 92.3 cm³/mol. The molecule has 0 spiro atoms. The van der Waals surface area contributed by atoms with Gasteiger partial charge < -0.3 is 9.67 Å². The van der Waals surface area contributed by atoms with Crippen LogP contribution >= 0.6 is 0 Å². The predicted octanol–water partition coefficient (Wildman–Crippen LogP) is 3.03. The van der Waals surface area contributed by atoms with Gasteiger partial charge in [-0.25, -0.2) is 0 Å². The molecule has 23 heavy (non-hydrogen) atoms. The van der Waals surface area contributed by atoms with Crippen LogP contribution in [-0.4, -0.2) is 33.8 Å². The normalized spacial score (nSPS) is 36.7. The third-order valence-corrected chi connectivity index (χ3v) is 6.73. The van der Waals surface area contributed by atoms with Crippen molar-refractivity contribution in [3.05, 3.63) is 47.2 Å². The molecule has 3 fully saturated rings. The summed E-state index contributed by atoms with van der Waals surface area (Å²) in [6.07, 6.45) is 4.54. The maximum Gasteiger partial charge on any atom is 0.0515 e. The Labute approximate surface area is 137 Å². The third-order valence-electron chi connectivity index (χ3n) is 6.73. The summed E-state index contributed by atoms with van der Waals surface area (Å²) in [7, 11) is 2.23. The Morgan fingerprint density at radius 2 is 2.13 bits per heavy atom. The lowest BCUT2D eigenvalue weighted by Crippen LogP contribution is -2.61. The summed E-state index contributed by atoms with van der Waals surface area (Å²) in [5.74, 6) is 0.967. The van der Waals surface area contributed by atoms with Crippen LogP contribution in [0.2, 0.25) is 0 Å². The lowest BCUT2D eigenvalue weighted by atomic mass is 9.64. The van der Waals surface area contributed by atoms with Crippen molar-refractivity contribution in [2.24, 2.45) is 18.9 Å². The van der Waals surface area contributed by atoms with Crippen LogP contribution in [0.1, 0.15) is 30.6 Å². The van der Waals surface area contributed by atoms with Crippen LogP contribution in [0.4, 0.5) is 0 Å². The van der Waals surface area contributed by atoms with Gasteiger partial charge in [0.2, 0.25) is 0 Å². The second kappa shape index (κ2) is 4.71. The average molecular weight is 308 g/mol. The second-order valence-corrected chi connectivity index (χ2v) is 7.45. The molecule has 0 aliphatic carbocycles. The fraction of sp³-hybridized carbons (Fsp3) is 0.500. The van der Waals surface area contributed by atoms with Gasteiger partial charge in [0.15, 0.2) is 0 Å². The summed E-state index contributed by atoms with van der Waals surface area (Å²) in [5, 5.41) is 11.5. The second-order valence-electron chi connectivity index (χ2n) is 7.45. The molecule has 2 aromatic rings. The molecule has 0 saturated carbocycles. The molecule has 0 amide bonds. The van der Waals surface area contributed by atoms with E-state index in [9.17, 15) is 5.11 Å². The van der Waals surface area contributed by atoms with Crippen LogP contribution in [-0.2, 0) is 13.5 Å². The summed E-state index contributed by atoms with van der Waals surface area (Å²) in [5.41, 5.74) is 5.96. The summed E-state index contributed by atoms with van der Waals surface area (Å²) in [4.78, 5) is 2.68. The lowest BCUT2D eigenvalue weighted by Gasteiger charge is -2.58. The summed E-state index contributed by atoms with van der Waals surface area (Å²) in [6, 6.07) is 9.84. The first-order valence-corrected chi connectivity index (χ1v) is 8.82. The van der Waals surface area contributed by atoms with Gasteiger partial charge in [-0.1, -0.05) is 29.8 Å². The molecule has 1 aromatic heterocycles. The Hall–Kier alpha value is -1.58. The van der Waals surface area contributed by atoms with E-state index in [1.165, 1.54) is 28.6 Å². The molecule has 3 heteroatoms. The Bertz CT molecular complexity index is 818. The highest BCUT2D eigenvalue weighted by atomic mass is 16.3. The molecule has 0 radical (unpaired) electrons. The van der Waals surface area contributed by atoms with E-state index >= 15 is 0 Å². The van der Waals surface area contributed by atoms with Crippen LogP contribution in [0.5, 0.6) is 0 Å². The van der Waals surface area contributed by atoms with Gasteiger partial charge in [0.05, 0.1) is 6.04 Å². The lowest BCUT2D eigenvalue weighted by molar-refractivity contribution is -0.0513. The summed E-state index contributed by atoms with van der Waals surface area (Å²) < 4.78 is 2.43. The quantitative estimate of drug-likeness (QED) is 0.820. The van der Waals surface area contributed by atoms with E-state index in [1.807, 2.05) is 0 Å². The zero-order chi connectivity index (χ0) is 15.7. The van der Waals surface area contributed by atoms with E-state index in [4.69, 9.17) is 0 Å². The number of fused-ring (bicyclic) bond motifs is 4. The fourth-order valence-corrected chi connectivity index (χ4v) is 5.71. The molecule has 6 rings (SSSR count). The van der Waals surface area contributed by atoms with Crippen molar-refractivity contribution in [1.29, 1.82) is 0 Å². The molecule has 1 N–H and O–H groups in total. The van der Waals surface area contributed by atoms with Gasteiger partial charge in [-0.15, -0.1) is 0 Å². The smallest absolute Gasteiger partial charge is 0.0515 e. The van der Waals surface area contributed by atoms with Crippen molar-refractivity contribution < 1.29 is 5.11 Å². The van der Waals surface area contributed by atoms with Crippen molar-refractivity contribution >= 4 is 10.9 Å². The van der Waals surface area contributed by atoms with Crippen LogP contribution in [0.15, 0.2) is 35.9 Å². The number of hydrogen-bond donors (Lipinski definition) is 1. The fourth-order valence-electron chi connectivity index (χ4n) is 5.71. The Morgan fingerprint density at radius 1 is 1.30 bits per heavy atom. The van der Waals surface area contributed by atoms with Crippen molar-refractivity contribution in [2.75, 3.05) is 13.2 Å². The molecular formula is C20H24N2O. The number of aryl methyl sites for hydroxylation is 1. The minimum Gasteiger partial charge on any atom is -0.396 e. The highest BCUT2D eigenvalue weighted by Gasteiger charge is 2.52. The minimum atomic E-state index is 0.315. The number of allylic oxidation sites excluding steroid dienone is 1. The maximum absolute atomic E-state index is 10.0. The zero-order valence-electron chi connectivity index (χ0n) is 13.9. The standard InChI is InChI=1S/C20H24N2O/c1-3-12-10-22-18-9-15-13-6-4-5-7-17(13)21(2)20(15)19(22)8-14(12)16(18)11-23/h3-7,14,16,18-19,23H,8-11H2,1-2H3/b12-3-/t14-,16-,18-,19-/m1/s1. The Kier molecular flexibility index (Phi) is 2.83. The van der Waals surface area contributed by atoms with E-state index < -0.39 is 0 Å². The molecule has 4 aliphatic heterocycles. The van der Waals surface area contributed by atoms with Crippen LogP contribution in [0.25, 0.3) is 10.9 Å². The van der Waals surface area contributed by atoms with Gasteiger partial charge in [0.25, 0.3) is 0 Å². The number of benzene rings is 1. The van der Waals surface area contributed by atoms with Crippen LogP contribution in [0.3, 0.4) is 0 Å². The van der Waals surface area contributed by atoms with Gasteiger partial charge >= 0.3 is 0 Å². The van der Waals surface area contributed by atoms with E-state index in [0.717, 1.165) is 13.0 Å². The molecule has 120 valence electrons. The number of para-hydroxylation sites is 1. The molecule has 3 saturated heterocycles. The number of hydrogen-bond acceptors (Lipinski definition) is 2. The van der Waals surface area contributed by atoms with Gasteiger partial charge in [-0.2, -0.15) is 0 Å². The molecule has 5 heterocycles. The van der Waals surface area contributed by atoms with E-state index in [-0.39, 0.29) is 0 Å². The highest BCUT2D eigenvalue weighted by Crippen LogP contribution is 2.54. The van der Waals surface area contributed by atoms with Crippen LogP contribution < -0.4 is 0 Å². The van der Waals surface area contributed by atoms with E-state index in [0.29, 0.717) is 30.5 Å². The average Bonchev–Trinajstić information content (AvgIpc) is 2.87. The number of rotatable bonds is 1. The number of aromatic nitrogens is 1. The summed E-state index contributed by atoms with van der Waals surface area (Å²) in [6.45, 7) is 3.56. The van der Waals surface area contributed by atoms with Crippen molar-refractivity contribution in [2.45, 2.75) is 31.8 Å². The van der Waals surface area contributed by atoms with Gasteiger partial charge in [0.1, 0.15) is 0 Å². The third kappa shape index (κ3) is 1.62. The van der Waals surface area contributed by atoms with E-state index in [2.05, 4.69) is 53.8 Å². The molecule has 1 unspecified atom stereocenters. The molecule has 4 bridgehead atoms. The number of aliphatic hydroxyl groups excluding tert-OH is 1. The molecule has 4 aliphatic rings. The first kappa shape index (κ1) is 13.8. The largest absolute Gasteiger partial charge is 0.396 e. The molecule has 3 nitrogen and oxygen atoms in total. The van der Waals surface area contributed by atoms with Gasteiger partial charge in [-0.3, -0.25) is 4.90 Å². The summed E-state index contributed by atoms with van der Waals surface area (Å²) >= 11 is 0. The maximum atomic E-state index is 10.0. The van der Waals surface area contributed by atoms with Crippen molar-refractivity contribution in [1.82, 2.24) is 9.47 Å². The first-order valence-electron chi connectivity index (χ1n) is 8.82. The van der Waals surface area contributed by atoms with E-state index in [1.54, 1.807) is 5.57 Å². The number of nitrogens with zero attached hydrogens (tertiary/aromatic N) is 2. The zero-order valence-corrected chi connectivity index (χ0v) is 13.9. The van der Waals surface area contributed by atoms with Crippen molar-refractivity contribution in [3.8, 4) is 0 Å². The Balaban J connectivity index is 1.72. The van der Waals surface area contributed by atoms with Gasteiger partial charge in [-0.05, 0) is 37.3 Å². The first-order chi connectivity index (χ1) is 11.2. The Morgan fingerprint density at radius 3 is 2.91 bits per heavy atom. The monoisotopic (exact) mass is 308 g/mol. The molecular weight excluding hydrogens is 284 g/mol. The molecule has 5 atom stereocenters. The van der Waals surface area contributed by atoms with Gasteiger partial charge in [0, 0.05) is 48.8 Å². The SMILES string of the molecule is C/C=C1/CN2[C@@H]3C[C@H]1[C@@H](CO)[C@H]2Cc1c3n(C)c2ccccc12. The minimum absolute atomic E-state index is 0.315. The highest BCUT2D eigenvalue weighted by molar-refractivity contribution is 5.86. The van der Waals surface area contributed by atoms with Crippen molar-refractivity contribution in [3.63, 3.8) is 0 Å². The number of piperidine rings is 3. The molecule has 1 aromatic carbocycles. The topological polar surface area (TPSA) is 28.4 Å².